The van der Waals surface area contributed by atoms with Gasteiger partial charge in [0.15, 0.2) is 0 Å². The molecule has 3 N–H and O–H groups in total. The second-order valence-electron chi connectivity index (χ2n) is 4.89. The number of aliphatic carboxylic acids is 1. The van der Waals surface area contributed by atoms with Crippen molar-refractivity contribution in [3.05, 3.63) is 30.3 Å². The monoisotopic (exact) mass is 278 g/mol. The highest BCUT2D eigenvalue weighted by atomic mass is 16.4. The van der Waals surface area contributed by atoms with E-state index in [1.54, 1.807) is 0 Å². The molecule has 0 bridgehead atoms. The smallest absolute Gasteiger partial charge is 0.305 e. The number of hydrogen-bond acceptors (Lipinski definition) is 3. The normalized spacial score (nSPS) is 11.9. The molecule has 0 aliphatic rings. The average Bonchev–Trinajstić information content (AvgIpc) is 2.39. The largest absolute Gasteiger partial charge is 0.481 e. The van der Waals surface area contributed by atoms with E-state index < -0.39 is 5.97 Å². The maximum absolute atomic E-state index is 12.2. The molecule has 0 radical (unpaired) electrons. The average molecular weight is 278 g/mol. The number of carboxylic acids is 1. The lowest BCUT2D eigenvalue weighted by Gasteiger charge is -2.22. The van der Waals surface area contributed by atoms with E-state index in [4.69, 9.17) is 10.8 Å². The van der Waals surface area contributed by atoms with Crippen molar-refractivity contribution >= 4 is 17.6 Å². The van der Waals surface area contributed by atoms with Crippen LogP contribution in [0.25, 0.3) is 0 Å². The fourth-order valence-electron chi connectivity index (χ4n) is 1.92. The molecule has 5 nitrogen and oxygen atoms in total. The van der Waals surface area contributed by atoms with Crippen LogP contribution in [0.4, 0.5) is 5.69 Å². The lowest BCUT2D eigenvalue weighted by atomic mass is 10.1. The summed E-state index contributed by atoms with van der Waals surface area (Å²) >= 11 is 0. The van der Waals surface area contributed by atoms with Crippen LogP contribution in [0.15, 0.2) is 30.3 Å². The van der Waals surface area contributed by atoms with Gasteiger partial charge in [0.2, 0.25) is 5.91 Å². The van der Waals surface area contributed by atoms with Gasteiger partial charge in [0.25, 0.3) is 0 Å². The van der Waals surface area contributed by atoms with Gasteiger partial charge in [-0.15, -0.1) is 0 Å². The molecule has 0 aliphatic carbocycles. The molecule has 0 saturated heterocycles. The molecule has 0 heterocycles. The van der Waals surface area contributed by atoms with Gasteiger partial charge in [0.1, 0.15) is 0 Å². The molecule has 110 valence electrons. The second-order valence-corrected chi connectivity index (χ2v) is 4.89. The summed E-state index contributed by atoms with van der Waals surface area (Å²) in [6, 6.07) is 9.22. The SMILES string of the molecule is CC(N)CCCC(=O)N(CCC(=O)O)c1ccccc1. The first-order chi connectivity index (χ1) is 9.50. The number of carbonyl (C=O) groups excluding carboxylic acids is 1. The second kappa shape index (κ2) is 8.32. The summed E-state index contributed by atoms with van der Waals surface area (Å²) in [6.45, 7) is 2.10. The minimum absolute atomic E-state index is 0.0573. The van der Waals surface area contributed by atoms with Crippen molar-refractivity contribution in [2.45, 2.75) is 38.6 Å². The predicted octanol–water partition coefficient (Wildman–Crippen LogP) is 2.01. The Hall–Kier alpha value is -1.88. The van der Waals surface area contributed by atoms with Gasteiger partial charge >= 0.3 is 5.97 Å². The molecule has 0 spiro atoms. The molecule has 0 aliphatic heterocycles. The number of benzene rings is 1. The van der Waals surface area contributed by atoms with Crippen molar-refractivity contribution in [1.29, 1.82) is 0 Å². The van der Waals surface area contributed by atoms with Crippen molar-refractivity contribution in [2.75, 3.05) is 11.4 Å². The van der Waals surface area contributed by atoms with Gasteiger partial charge in [-0.3, -0.25) is 9.59 Å². The lowest BCUT2D eigenvalue weighted by Crippen LogP contribution is -2.33. The first-order valence-corrected chi connectivity index (χ1v) is 6.83. The Morgan fingerprint density at radius 3 is 2.45 bits per heavy atom. The first-order valence-electron chi connectivity index (χ1n) is 6.83. The van der Waals surface area contributed by atoms with Crippen LogP contribution < -0.4 is 10.6 Å². The molecule has 0 fully saturated rings. The highest BCUT2D eigenvalue weighted by Gasteiger charge is 2.16. The summed E-state index contributed by atoms with van der Waals surface area (Å²) in [5.41, 5.74) is 6.40. The van der Waals surface area contributed by atoms with Crippen LogP contribution in [0.3, 0.4) is 0 Å². The van der Waals surface area contributed by atoms with Crippen molar-refractivity contribution in [3.8, 4) is 0 Å². The molecular formula is C15H22N2O3. The van der Waals surface area contributed by atoms with Crippen LogP contribution >= 0.6 is 0 Å². The molecule has 1 amide bonds. The zero-order valence-electron chi connectivity index (χ0n) is 11.8. The van der Waals surface area contributed by atoms with Crippen molar-refractivity contribution < 1.29 is 14.7 Å². The van der Waals surface area contributed by atoms with E-state index in [0.29, 0.717) is 12.8 Å². The summed E-state index contributed by atoms with van der Waals surface area (Å²) in [6.07, 6.45) is 1.82. The third-order valence-electron chi connectivity index (χ3n) is 2.97. The number of hydrogen-bond donors (Lipinski definition) is 2. The first kappa shape index (κ1) is 16.2. The summed E-state index contributed by atoms with van der Waals surface area (Å²) in [7, 11) is 0. The standard InChI is InChI=1S/C15H22N2O3/c1-12(16)6-5-9-14(18)17(11-10-15(19)20)13-7-3-2-4-8-13/h2-4,7-8,12H,5-6,9-11,16H2,1H3,(H,19,20). The highest BCUT2D eigenvalue weighted by molar-refractivity contribution is 5.93. The fourth-order valence-corrected chi connectivity index (χ4v) is 1.92. The van der Waals surface area contributed by atoms with E-state index in [1.807, 2.05) is 37.3 Å². The van der Waals surface area contributed by atoms with Crippen molar-refractivity contribution in [3.63, 3.8) is 0 Å². The topological polar surface area (TPSA) is 83.6 Å². The van der Waals surface area contributed by atoms with Crippen LogP contribution in [-0.4, -0.2) is 29.6 Å². The third kappa shape index (κ3) is 5.84. The Labute approximate surface area is 119 Å². The van der Waals surface area contributed by atoms with E-state index in [0.717, 1.165) is 12.1 Å². The molecule has 20 heavy (non-hydrogen) atoms. The molecule has 1 aromatic carbocycles. The summed E-state index contributed by atoms with van der Waals surface area (Å²) in [5.74, 6) is -0.965. The van der Waals surface area contributed by atoms with Crippen molar-refractivity contribution in [2.24, 2.45) is 5.73 Å². The Morgan fingerprint density at radius 2 is 1.90 bits per heavy atom. The van der Waals surface area contributed by atoms with Crippen LogP contribution in [-0.2, 0) is 9.59 Å². The number of para-hydroxylation sites is 1. The van der Waals surface area contributed by atoms with E-state index in [1.165, 1.54) is 4.90 Å². The van der Waals surface area contributed by atoms with Gasteiger partial charge < -0.3 is 15.7 Å². The van der Waals surface area contributed by atoms with Gasteiger partial charge in [0.05, 0.1) is 6.42 Å². The molecular weight excluding hydrogens is 256 g/mol. The highest BCUT2D eigenvalue weighted by Crippen LogP contribution is 2.16. The number of carboxylic acid groups (broad SMARTS) is 1. The number of nitrogens with two attached hydrogens (primary N) is 1. The minimum Gasteiger partial charge on any atom is -0.481 e. The lowest BCUT2D eigenvalue weighted by molar-refractivity contribution is -0.136. The van der Waals surface area contributed by atoms with E-state index in [-0.39, 0.29) is 24.9 Å². The van der Waals surface area contributed by atoms with Gasteiger partial charge in [-0.25, -0.2) is 0 Å². The van der Waals surface area contributed by atoms with Crippen LogP contribution in [0.2, 0.25) is 0 Å². The van der Waals surface area contributed by atoms with Gasteiger partial charge in [-0.2, -0.15) is 0 Å². The molecule has 1 atom stereocenters. The van der Waals surface area contributed by atoms with Crippen molar-refractivity contribution in [1.82, 2.24) is 0 Å². The number of anilines is 1. The Kier molecular flexibility index (Phi) is 6.73. The number of amides is 1. The maximum atomic E-state index is 12.2. The number of nitrogens with zero attached hydrogens (tertiary/aromatic N) is 1. The number of rotatable bonds is 8. The number of carbonyl (C=O) groups is 2. The van der Waals surface area contributed by atoms with E-state index in [2.05, 4.69) is 0 Å². The quantitative estimate of drug-likeness (QED) is 0.762. The minimum atomic E-state index is -0.908. The fraction of sp³-hybridized carbons (Fsp3) is 0.467. The molecule has 1 aromatic rings. The predicted molar refractivity (Wildman–Crippen MR) is 78.5 cm³/mol. The van der Waals surface area contributed by atoms with Crippen LogP contribution in [0.1, 0.15) is 32.6 Å². The third-order valence-corrected chi connectivity index (χ3v) is 2.97. The Balaban J connectivity index is 2.66. The van der Waals surface area contributed by atoms with Gasteiger partial charge in [0, 0.05) is 24.7 Å². The van der Waals surface area contributed by atoms with Crippen LogP contribution in [0, 0.1) is 0 Å². The molecule has 0 saturated carbocycles. The zero-order chi connectivity index (χ0) is 15.0. The van der Waals surface area contributed by atoms with Gasteiger partial charge in [-0.1, -0.05) is 18.2 Å². The molecule has 0 aromatic heterocycles. The van der Waals surface area contributed by atoms with Crippen LogP contribution in [0.5, 0.6) is 0 Å². The zero-order valence-corrected chi connectivity index (χ0v) is 11.8. The summed E-state index contributed by atoms with van der Waals surface area (Å²) in [5, 5.41) is 8.79. The van der Waals surface area contributed by atoms with Gasteiger partial charge in [-0.05, 0) is 31.9 Å². The maximum Gasteiger partial charge on any atom is 0.305 e. The van der Waals surface area contributed by atoms with E-state index in [9.17, 15) is 9.59 Å². The Morgan fingerprint density at radius 1 is 1.25 bits per heavy atom. The molecule has 1 unspecified atom stereocenters. The molecule has 1 rings (SSSR count). The Bertz CT molecular complexity index is 432. The van der Waals surface area contributed by atoms with E-state index >= 15 is 0 Å². The summed E-state index contributed by atoms with van der Waals surface area (Å²) in [4.78, 5) is 24.5. The summed E-state index contributed by atoms with van der Waals surface area (Å²) < 4.78 is 0. The molecule has 5 heteroatoms.